The molecule has 0 atom stereocenters. The minimum atomic E-state index is 0.682. The Morgan fingerprint density at radius 3 is 2.80 bits per heavy atom. The van der Waals surface area contributed by atoms with E-state index >= 15 is 0 Å². The molecule has 0 aliphatic heterocycles. The van der Waals surface area contributed by atoms with Gasteiger partial charge in [0.25, 0.3) is 0 Å². The summed E-state index contributed by atoms with van der Waals surface area (Å²) in [7, 11) is 4.09. The van der Waals surface area contributed by atoms with Crippen LogP contribution in [0.15, 0.2) is 36.7 Å². The molecule has 4 nitrogen and oxygen atoms in total. The van der Waals surface area contributed by atoms with Crippen LogP contribution in [-0.2, 0) is 0 Å². The summed E-state index contributed by atoms with van der Waals surface area (Å²) in [5.41, 5.74) is 5.48. The molecule has 0 aliphatic carbocycles. The number of pyridine rings is 1. The van der Waals surface area contributed by atoms with E-state index in [1.807, 2.05) is 24.7 Å². The zero-order chi connectivity index (χ0) is 14.3. The van der Waals surface area contributed by atoms with Crippen molar-refractivity contribution in [3.8, 4) is 5.69 Å². The Labute approximate surface area is 122 Å². The third-order valence-corrected chi connectivity index (χ3v) is 3.70. The molecular weight excluding hydrogens is 268 g/mol. The molecule has 1 aromatic carbocycles. The summed E-state index contributed by atoms with van der Waals surface area (Å²) in [6.07, 6.45) is 3.57. The molecule has 0 fully saturated rings. The van der Waals surface area contributed by atoms with E-state index in [0.717, 1.165) is 16.7 Å². The van der Waals surface area contributed by atoms with Crippen molar-refractivity contribution in [2.75, 3.05) is 19.0 Å². The first-order chi connectivity index (χ1) is 9.58. The van der Waals surface area contributed by atoms with Crippen molar-refractivity contribution in [2.24, 2.45) is 0 Å². The fraction of sp³-hybridized carbons (Fsp3) is 0.200. The van der Waals surface area contributed by atoms with Crippen LogP contribution in [0.25, 0.3) is 16.7 Å². The lowest BCUT2D eigenvalue weighted by Crippen LogP contribution is -2.11. The number of hydrogen-bond donors (Lipinski definition) is 1. The van der Waals surface area contributed by atoms with Crippen LogP contribution in [0.2, 0.25) is 0 Å². The number of nitrogens with zero attached hydrogens (tertiary/aromatic N) is 3. The van der Waals surface area contributed by atoms with Crippen LogP contribution in [0.4, 0.5) is 5.69 Å². The first kappa shape index (κ1) is 12.9. The first-order valence-corrected chi connectivity index (χ1v) is 6.82. The molecular formula is C15H16N4S. The molecule has 0 spiro atoms. The van der Waals surface area contributed by atoms with Gasteiger partial charge in [-0.05, 0) is 42.9 Å². The third-order valence-electron chi connectivity index (χ3n) is 3.42. The van der Waals surface area contributed by atoms with Crippen LogP contribution in [0, 0.1) is 11.7 Å². The van der Waals surface area contributed by atoms with E-state index in [4.69, 9.17) is 12.2 Å². The van der Waals surface area contributed by atoms with Gasteiger partial charge in [-0.1, -0.05) is 6.07 Å². The molecule has 102 valence electrons. The van der Waals surface area contributed by atoms with Gasteiger partial charge in [0, 0.05) is 26.0 Å². The smallest absolute Gasteiger partial charge is 0.182 e. The molecule has 3 rings (SSSR count). The second-order valence-electron chi connectivity index (χ2n) is 5.02. The van der Waals surface area contributed by atoms with Gasteiger partial charge in [0.2, 0.25) is 0 Å². The summed E-state index contributed by atoms with van der Waals surface area (Å²) in [6.45, 7) is 2.11. The second-order valence-corrected chi connectivity index (χ2v) is 5.41. The molecule has 1 N–H and O–H groups in total. The highest BCUT2D eigenvalue weighted by Crippen LogP contribution is 2.25. The highest BCUT2D eigenvalue weighted by atomic mass is 32.1. The van der Waals surface area contributed by atoms with Gasteiger partial charge in [0.1, 0.15) is 0 Å². The predicted molar refractivity (Wildman–Crippen MR) is 85.3 cm³/mol. The van der Waals surface area contributed by atoms with E-state index < -0.39 is 0 Å². The number of aromatic amines is 1. The lowest BCUT2D eigenvalue weighted by molar-refractivity contribution is 1.05. The molecule has 3 aromatic rings. The minimum absolute atomic E-state index is 0.682. The van der Waals surface area contributed by atoms with Gasteiger partial charge >= 0.3 is 0 Å². The van der Waals surface area contributed by atoms with Crippen molar-refractivity contribution in [1.82, 2.24) is 14.5 Å². The molecule has 2 aromatic heterocycles. The maximum Gasteiger partial charge on any atom is 0.182 e. The molecule has 0 bridgehead atoms. The minimum Gasteiger partial charge on any atom is -0.377 e. The van der Waals surface area contributed by atoms with Crippen LogP contribution in [0.3, 0.4) is 0 Å². The normalized spacial score (nSPS) is 10.9. The van der Waals surface area contributed by atoms with Gasteiger partial charge in [0.05, 0.1) is 22.9 Å². The number of aryl methyl sites for hydroxylation is 1. The lowest BCUT2D eigenvalue weighted by Gasteiger charge is -2.17. The van der Waals surface area contributed by atoms with Gasteiger partial charge in [-0.15, -0.1) is 0 Å². The highest BCUT2D eigenvalue weighted by molar-refractivity contribution is 7.71. The number of anilines is 1. The molecule has 0 amide bonds. The first-order valence-electron chi connectivity index (χ1n) is 6.41. The molecule has 5 heteroatoms. The summed E-state index contributed by atoms with van der Waals surface area (Å²) >= 11 is 5.44. The maximum absolute atomic E-state index is 5.44. The molecule has 0 radical (unpaired) electrons. The van der Waals surface area contributed by atoms with Crippen molar-refractivity contribution in [2.45, 2.75) is 6.92 Å². The molecule has 0 aliphatic rings. The Balaban J connectivity index is 2.29. The number of imidazole rings is 1. The SMILES string of the molecule is Cc1ccc(-n2c(=S)[nH]c3cnccc32)cc1N(C)C. The molecule has 2 heterocycles. The van der Waals surface area contributed by atoms with E-state index in [2.05, 4.69) is 40.0 Å². The number of fused-ring (bicyclic) bond motifs is 1. The standard InChI is InChI=1S/C15H16N4S/c1-10-4-5-11(8-14(10)18(2)3)19-13-6-7-16-9-12(13)17-15(19)20/h4-9H,1-3H3,(H,17,20). The van der Waals surface area contributed by atoms with E-state index in [9.17, 15) is 0 Å². The van der Waals surface area contributed by atoms with Crippen molar-refractivity contribution < 1.29 is 0 Å². The topological polar surface area (TPSA) is 36.9 Å². The number of nitrogens with one attached hydrogen (secondary N) is 1. The molecule has 0 saturated heterocycles. The van der Waals surface area contributed by atoms with Gasteiger partial charge in [-0.3, -0.25) is 9.55 Å². The lowest BCUT2D eigenvalue weighted by atomic mass is 10.1. The Bertz CT molecular complexity index is 829. The Morgan fingerprint density at radius 1 is 1.25 bits per heavy atom. The summed E-state index contributed by atoms with van der Waals surface area (Å²) in [5.74, 6) is 0. The van der Waals surface area contributed by atoms with Crippen molar-refractivity contribution >= 4 is 28.9 Å². The van der Waals surface area contributed by atoms with Gasteiger partial charge in [-0.2, -0.15) is 0 Å². The largest absolute Gasteiger partial charge is 0.377 e. The van der Waals surface area contributed by atoms with Crippen LogP contribution in [0.5, 0.6) is 0 Å². The van der Waals surface area contributed by atoms with E-state index in [1.54, 1.807) is 12.4 Å². The van der Waals surface area contributed by atoms with Crippen molar-refractivity contribution in [1.29, 1.82) is 0 Å². The van der Waals surface area contributed by atoms with E-state index in [1.165, 1.54) is 11.3 Å². The summed E-state index contributed by atoms with van der Waals surface area (Å²) in [4.78, 5) is 9.42. The quantitative estimate of drug-likeness (QED) is 0.732. The Morgan fingerprint density at radius 2 is 2.05 bits per heavy atom. The summed E-state index contributed by atoms with van der Waals surface area (Å²) in [5, 5.41) is 0. The third kappa shape index (κ3) is 2.00. The zero-order valence-electron chi connectivity index (χ0n) is 11.7. The van der Waals surface area contributed by atoms with Gasteiger partial charge in [-0.25, -0.2) is 0 Å². The number of rotatable bonds is 2. The second kappa shape index (κ2) is 4.76. The fourth-order valence-corrected chi connectivity index (χ4v) is 2.75. The van der Waals surface area contributed by atoms with Gasteiger partial charge < -0.3 is 9.88 Å². The van der Waals surface area contributed by atoms with Crippen LogP contribution in [-0.4, -0.2) is 28.6 Å². The summed E-state index contributed by atoms with van der Waals surface area (Å²) < 4.78 is 2.72. The highest BCUT2D eigenvalue weighted by Gasteiger charge is 2.09. The number of benzene rings is 1. The fourth-order valence-electron chi connectivity index (χ4n) is 2.43. The van der Waals surface area contributed by atoms with E-state index in [-0.39, 0.29) is 0 Å². The Kier molecular flexibility index (Phi) is 3.06. The van der Waals surface area contributed by atoms with E-state index in [0.29, 0.717) is 4.77 Å². The van der Waals surface area contributed by atoms with Crippen molar-refractivity contribution in [3.63, 3.8) is 0 Å². The molecule has 20 heavy (non-hydrogen) atoms. The Hall–Kier alpha value is -2.14. The summed E-state index contributed by atoms with van der Waals surface area (Å²) in [6, 6.07) is 8.33. The van der Waals surface area contributed by atoms with Crippen LogP contribution >= 0.6 is 12.2 Å². The van der Waals surface area contributed by atoms with Gasteiger partial charge in [0.15, 0.2) is 4.77 Å². The average Bonchev–Trinajstić information content (AvgIpc) is 2.75. The predicted octanol–water partition coefficient (Wildman–Crippen LogP) is 3.46. The number of H-pyrrole nitrogens is 1. The van der Waals surface area contributed by atoms with Crippen molar-refractivity contribution in [3.05, 3.63) is 47.0 Å². The average molecular weight is 284 g/mol. The number of aromatic nitrogens is 3. The van der Waals surface area contributed by atoms with Crippen LogP contribution < -0.4 is 4.90 Å². The maximum atomic E-state index is 5.44. The number of hydrogen-bond acceptors (Lipinski definition) is 3. The monoisotopic (exact) mass is 284 g/mol. The molecule has 0 saturated carbocycles. The molecule has 0 unspecified atom stereocenters. The zero-order valence-corrected chi connectivity index (χ0v) is 12.5. The van der Waals surface area contributed by atoms with Crippen LogP contribution in [0.1, 0.15) is 5.56 Å².